The molecular weight excluding hydrogens is 236 g/mol. The maximum Gasteiger partial charge on any atom is 0.149 e. The van der Waals surface area contributed by atoms with Gasteiger partial charge in [-0.15, -0.1) is 0 Å². The Morgan fingerprint density at radius 1 is 1.42 bits per heavy atom. The van der Waals surface area contributed by atoms with Crippen LogP contribution in [0.15, 0.2) is 18.3 Å². The van der Waals surface area contributed by atoms with Crippen LogP contribution in [-0.4, -0.2) is 16.8 Å². The smallest absolute Gasteiger partial charge is 0.149 e. The lowest BCUT2D eigenvalue weighted by Crippen LogP contribution is -2.44. The molecule has 3 nitrogen and oxygen atoms in total. The first-order valence-corrected chi connectivity index (χ1v) is 7.36. The van der Waals surface area contributed by atoms with Crippen molar-refractivity contribution in [2.75, 3.05) is 0 Å². The van der Waals surface area contributed by atoms with Gasteiger partial charge in [-0.2, -0.15) is 0 Å². The molecule has 3 rings (SSSR count). The first-order valence-electron chi connectivity index (χ1n) is 7.36. The number of carbonyl (C=O) groups excluding carboxylic acids is 1. The average Bonchev–Trinajstić information content (AvgIpc) is 2.78. The fourth-order valence-electron chi connectivity index (χ4n) is 3.76. The Hall–Kier alpha value is -1.22. The van der Waals surface area contributed by atoms with Crippen LogP contribution in [0.25, 0.3) is 0 Å². The molecule has 3 atom stereocenters. The number of aromatic nitrogens is 1. The second-order valence-electron chi connectivity index (χ2n) is 6.27. The van der Waals surface area contributed by atoms with Gasteiger partial charge in [-0.1, -0.05) is 19.4 Å². The molecule has 2 aliphatic rings. The van der Waals surface area contributed by atoms with Crippen molar-refractivity contribution in [1.82, 2.24) is 4.98 Å². The summed E-state index contributed by atoms with van der Waals surface area (Å²) in [6, 6.07) is 4.10. The zero-order valence-corrected chi connectivity index (χ0v) is 11.6. The van der Waals surface area contributed by atoms with E-state index in [2.05, 4.69) is 18.0 Å². The minimum Gasteiger partial charge on any atom is -0.327 e. The Balaban J connectivity index is 1.93. The van der Waals surface area contributed by atoms with Gasteiger partial charge in [0.2, 0.25) is 0 Å². The van der Waals surface area contributed by atoms with Crippen LogP contribution in [0.2, 0.25) is 0 Å². The molecule has 3 unspecified atom stereocenters. The number of hydrogen-bond acceptors (Lipinski definition) is 3. The van der Waals surface area contributed by atoms with Crippen molar-refractivity contribution in [3.05, 3.63) is 29.6 Å². The number of rotatable bonds is 2. The van der Waals surface area contributed by atoms with Crippen molar-refractivity contribution >= 4 is 5.78 Å². The van der Waals surface area contributed by atoms with Crippen LogP contribution in [0.5, 0.6) is 0 Å². The Bertz CT molecular complexity index is 499. The molecule has 0 aliphatic heterocycles. The normalized spacial score (nSPS) is 34.0. The topological polar surface area (TPSA) is 56.0 Å². The van der Waals surface area contributed by atoms with Crippen LogP contribution in [0.3, 0.4) is 0 Å². The maximum absolute atomic E-state index is 13.0. The highest BCUT2D eigenvalue weighted by Crippen LogP contribution is 2.44. The average molecular weight is 258 g/mol. The van der Waals surface area contributed by atoms with Gasteiger partial charge in [-0.3, -0.25) is 9.78 Å². The molecule has 0 spiro atoms. The van der Waals surface area contributed by atoms with Gasteiger partial charge in [0.1, 0.15) is 5.78 Å². The third-order valence-electron chi connectivity index (χ3n) is 5.10. The second-order valence-corrected chi connectivity index (χ2v) is 6.27. The van der Waals surface area contributed by atoms with E-state index in [-0.39, 0.29) is 17.4 Å². The number of ketones is 1. The predicted molar refractivity (Wildman–Crippen MR) is 74.9 cm³/mol. The number of hydrogen-bond donors (Lipinski definition) is 1. The van der Waals surface area contributed by atoms with Crippen molar-refractivity contribution in [2.24, 2.45) is 11.1 Å². The van der Waals surface area contributed by atoms with E-state index in [4.69, 9.17) is 5.73 Å². The highest BCUT2D eigenvalue weighted by atomic mass is 16.1. The van der Waals surface area contributed by atoms with Crippen LogP contribution in [0, 0.1) is 5.41 Å². The van der Waals surface area contributed by atoms with Gasteiger partial charge >= 0.3 is 0 Å². The standard InChI is InChI=1S/C16H22N2O/c1-16(9-3-8-13(16)17)15(19)12-7-2-5-11-6-4-10-18-14(11)12/h4,6,10,12-13H,2-3,5,7-9,17H2,1H3. The van der Waals surface area contributed by atoms with Crippen LogP contribution in [0.1, 0.15) is 56.2 Å². The van der Waals surface area contributed by atoms with E-state index in [1.807, 2.05) is 6.07 Å². The van der Waals surface area contributed by atoms with Gasteiger partial charge in [0.15, 0.2) is 0 Å². The van der Waals surface area contributed by atoms with Crippen molar-refractivity contribution < 1.29 is 4.79 Å². The third-order valence-corrected chi connectivity index (χ3v) is 5.10. The number of Topliss-reactive ketones (excluding diaryl/α,β-unsaturated/α-hetero) is 1. The molecule has 3 heteroatoms. The van der Waals surface area contributed by atoms with Gasteiger partial charge in [-0.25, -0.2) is 0 Å². The largest absolute Gasteiger partial charge is 0.327 e. The molecular formula is C16H22N2O. The van der Waals surface area contributed by atoms with Crippen molar-refractivity contribution in [2.45, 2.75) is 57.4 Å². The fraction of sp³-hybridized carbons (Fsp3) is 0.625. The van der Waals surface area contributed by atoms with Crippen molar-refractivity contribution in [3.8, 4) is 0 Å². The molecule has 0 aromatic carbocycles. The van der Waals surface area contributed by atoms with E-state index in [1.165, 1.54) is 5.56 Å². The van der Waals surface area contributed by atoms with E-state index < -0.39 is 0 Å². The Labute approximate surface area is 114 Å². The number of nitrogens with two attached hydrogens (primary N) is 1. The van der Waals surface area contributed by atoms with E-state index >= 15 is 0 Å². The highest BCUT2D eigenvalue weighted by molar-refractivity contribution is 5.91. The Morgan fingerprint density at radius 3 is 3.00 bits per heavy atom. The molecule has 1 heterocycles. The lowest BCUT2D eigenvalue weighted by atomic mass is 9.71. The van der Waals surface area contributed by atoms with E-state index in [0.29, 0.717) is 5.78 Å². The van der Waals surface area contributed by atoms with Gasteiger partial charge in [0, 0.05) is 17.7 Å². The number of pyridine rings is 1. The van der Waals surface area contributed by atoms with E-state index in [9.17, 15) is 4.79 Å². The molecule has 19 heavy (non-hydrogen) atoms. The minimum atomic E-state index is -0.337. The van der Waals surface area contributed by atoms with Gasteiger partial charge in [0.25, 0.3) is 0 Å². The van der Waals surface area contributed by atoms with E-state index in [0.717, 1.165) is 44.2 Å². The summed E-state index contributed by atoms with van der Waals surface area (Å²) in [5, 5.41) is 0. The number of nitrogens with zero attached hydrogens (tertiary/aromatic N) is 1. The number of aryl methyl sites for hydroxylation is 1. The lowest BCUT2D eigenvalue weighted by molar-refractivity contribution is -0.130. The number of carbonyl (C=O) groups is 1. The molecule has 0 radical (unpaired) electrons. The Kier molecular flexibility index (Phi) is 3.17. The summed E-state index contributed by atoms with van der Waals surface area (Å²) < 4.78 is 0. The molecule has 102 valence electrons. The zero-order chi connectivity index (χ0) is 13.5. The summed E-state index contributed by atoms with van der Waals surface area (Å²) in [6.45, 7) is 2.06. The Morgan fingerprint density at radius 2 is 2.26 bits per heavy atom. The molecule has 0 amide bonds. The SMILES string of the molecule is CC1(C(=O)C2CCCc3cccnc32)CCCC1N. The number of fused-ring (bicyclic) bond motifs is 1. The fourth-order valence-corrected chi connectivity index (χ4v) is 3.76. The van der Waals surface area contributed by atoms with Crippen LogP contribution in [-0.2, 0) is 11.2 Å². The molecule has 1 fully saturated rings. The first-order chi connectivity index (χ1) is 9.13. The van der Waals surface area contributed by atoms with Crippen LogP contribution >= 0.6 is 0 Å². The van der Waals surface area contributed by atoms with Gasteiger partial charge in [-0.05, 0) is 43.7 Å². The van der Waals surface area contributed by atoms with Crippen LogP contribution in [0.4, 0.5) is 0 Å². The first kappa shape index (κ1) is 12.8. The molecule has 1 saturated carbocycles. The monoisotopic (exact) mass is 258 g/mol. The van der Waals surface area contributed by atoms with Gasteiger partial charge in [0.05, 0.1) is 11.6 Å². The van der Waals surface area contributed by atoms with Crippen LogP contribution < -0.4 is 5.73 Å². The summed E-state index contributed by atoms with van der Waals surface area (Å²) >= 11 is 0. The molecule has 0 saturated heterocycles. The van der Waals surface area contributed by atoms with Gasteiger partial charge < -0.3 is 5.73 Å². The summed E-state index contributed by atoms with van der Waals surface area (Å²) in [5.74, 6) is 0.302. The minimum absolute atomic E-state index is 0.0223. The zero-order valence-electron chi connectivity index (χ0n) is 11.6. The molecule has 0 bridgehead atoms. The predicted octanol–water partition coefficient (Wildman–Crippen LogP) is 2.59. The van der Waals surface area contributed by atoms with E-state index in [1.54, 1.807) is 6.20 Å². The molecule has 2 aliphatic carbocycles. The molecule has 1 aromatic heterocycles. The summed E-state index contributed by atoms with van der Waals surface area (Å²) in [6.07, 6.45) is 7.86. The summed E-state index contributed by atoms with van der Waals surface area (Å²) in [7, 11) is 0. The molecule has 1 aromatic rings. The van der Waals surface area contributed by atoms with Crippen molar-refractivity contribution in [1.29, 1.82) is 0 Å². The highest BCUT2D eigenvalue weighted by Gasteiger charge is 2.46. The quantitative estimate of drug-likeness (QED) is 0.887. The summed E-state index contributed by atoms with van der Waals surface area (Å²) in [5.41, 5.74) is 8.13. The molecule has 2 N–H and O–H groups in total. The second kappa shape index (κ2) is 4.71. The maximum atomic E-state index is 13.0. The summed E-state index contributed by atoms with van der Waals surface area (Å²) in [4.78, 5) is 17.5. The van der Waals surface area contributed by atoms with Crippen molar-refractivity contribution in [3.63, 3.8) is 0 Å². The lowest BCUT2D eigenvalue weighted by Gasteiger charge is -2.33. The third kappa shape index (κ3) is 2.00.